The molecular formula is C18H20ClN3O4. The minimum atomic E-state index is -0.220. The predicted octanol–water partition coefficient (Wildman–Crippen LogP) is 2.83. The van der Waals surface area contributed by atoms with E-state index in [0.717, 1.165) is 6.42 Å². The molecule has 1 aromatic carbocycles. The minimum Gasteiger partial charge on any atom is -0.484 e. The van der Waals surface area contributed by atoms with Gasteiger partial charge in [-0.2, -0.15) is 0 Å². The van der Waals surface area contributed by atoms with Gasteiger partial charge in [-0.1, -0.05) is 18.2 Å². The van der Waals surface area contributed by atoms with E-state index >= 15 is 0 Å². The first-order valence-corrected chi connectivity index (χ1v) is 8.74. The van der Waals surface area contributed by atoms with Crippen LogP contribution >= 0.6 is 11.6 Å². The fourth-order valence-electron chi connectivity index (χ4n) is 2.46. The monoisotopic (exact) mass is 377 g/mol. The smallest absolute Gasteiger partial charge is 0.257 e. The van der Waals surface area contributed by atoms with Crippen molar-refractivity contribution in [3.63, 3.8) is 0 Å². The van der Waals surface area contributed by atoms with E-state index in [1.54, 1.807) is 24.3 Å². The second-order valence-corrected chi connectivity index (χ2v) is 6.39. The Bertz CT molecular complexity index is 754. The minimum absolute atomic E-state index is 0.0690. The number of carbonyl (C=O) groups is 1. The summed E-state index contributed by atoms with van der Waals surface area (Å²) < 4.78 is 16.3. The van der Waals surface area contributed by atoms with Crippen LogP contribution in [0.2, 0.25) is 5.02 Å². The second-order valence-electron chi connectivity index (χ2n) is 5.95. The van der Waals surface area contributed by atoms with Crippen molar-refractivity contribution in [3.8, 4) is 5.75 Å². The Labute approximate surface area is 156 Å². The quantitative estimate of drug-likeness (QED) is 0.761. The zero-order chi connectivity index (χ0) is 18.4. The Morgan fingerprint density at radius 2 is 2.15 bits per heavy atom. The second kappa shape index (κ2) is 8.82. The molecule has 0 saturated carbocycles. The SMILES string of the molecule is C=C(CCNC(=O)COc1ccc(Cl)cc1)c1nnc([C@@H]2CCOC2)o1. The van der Waals surface area contributed by atoms with Gasteiger partial charge < -0.3 is 19.2 Å². The normalized spacial score (nSPS) is 16.4. The van der Waals surface area contributed by atoms with Gasteiger partial charge in [0.05, 0.1) is 12.5 Å². The third-order valence-electron chi connectivity index (χ3n) is 3.95. The molecule has 0 aliphatic carbocycles. The van der Waals surface area contributed by atoms with Crippen LogP contribution in [-0.4, -0.2) is 42.5 Å². The van der Waals surface area contributed by atoms with E-state index in [1.807, 2.05) is 0 Å². The summed E-state index contributed by atoms with van der Waals surface area (Å²) >= 11 is 5.79. The van der Waals surface area contributed by atoms with Crippen LogP contribution in [0.4, 0.5) is 0 Å². The maximum atomic E-state index is 11.8. The molecular weight excluding hydrogens is 358 g/mol. The average Bonchev–Trinajstić information content (AvgIpc) is 3.32. The lowest BCUT2D eigenvalue weighted by atomic mass is 10.1. The van der Waals surface area contributed by atoms with Crippen LogP contribution in [-0.2, 0) is 9.53 Å². The fraction of sp³-hybridized carbons (Fsp3) is 0.389. The van der Waals surface area contributed by atoms with Crippen molar-refractivity contribution < 1.29 is 18.7 Å². The van der Waals surface area contributed by atoms with Crippen molar-refractivity contribution in [3.05, 3.63) is 47.6 Å². The largest absolute Gasteiger partial charge is 0.484 e. The molecule has 0 radical (unpaired) electrons. The highest BCUT2D eigenvalue weighted by Crippen LogP contribution is 2.25. The molecule has 1 aliphatic rings. The van der Waals surface area contributed by atoms with E-state index in [1.165, 1.54) is 0 Å². The number of nitrogens with one attached hydrogen (secondary N) is 1. The molecule has 8 heteroatoms. The molecule has 1 aromatic heterocycles. The molecule has 7 nitrogen and oxygen atoms in total. The highest BCUT2D eigenvalue weighted by molar-refractivity contribution is 6.30. The number of hydrogen-bond donors (Lipinski definition) is 1. The molecule has 0 unspecified atom stereocenters. The molecule has 26 heavy (non-hydrogen) atoms. The summed E-state index contributed by atoms with van der Waals surface area (Å²) in [5, 5.41) is 11.5. The van der Waals surface area contributed by atoms with Gasteiger partial charge in [-0.05, 0) is 37.1 Å². The summed E-state index contributed by atoms with van der Waals surface area (Å²) in [6, 6.07) is 6.82. The van der Waals surface area contributed by atoms with E-state index < -0.39 is 0 Å². The van der Waals surface area contributed by atoms with Gasteiger partial charge in [-0.25, -0.2) is 0 Å². The summed E-state index contributed by atoms with van der Waals surface area (Å²) in [7, 11) is 0. The van der Waals surface area contributed by atoms with Crippen molar-refractivity contribution in [1.29, 1.82) is 0 Å². The molecule has 1 N–H and O–H groups in total. The van der Waals surface area contributed by atoms with Gasteiger partial charge in [0.2, 0.25) is 11.8 Å². The van der Waals surface area contributed by atoms with Crippen LogP contribution in [0.15, 0.2) is 35.3 Å². The summed E-state index contributed by atoms with van der Waals surface area (Å²) in [5.74, 6) is 1.51. The molecule has 2 aromatic rings. The molecule has 1 amide bonds. The molecule has 1 aliphatic heterocycles. The molecule has 1 atom stereocenters. The van der Waals surface area contributed by atoms with Crippen molar-refractivity contribution >= 4 is 23.1 Å². The standard InChI is InChI=1S/C18H20ClN3O4/c1-12(17-21-22-18(26-17)13-7-9-24-10-13)6-8-20-16(23)11-25-15-4-2-14(19)3-5-15/h2-5,13H,1,6-11H2,(H,20,23)/t13-/m1/s1. The van der Waals surface area contributed by atoms with Gasteiger partial charge in [-0.15, -0.1) is 10.2 Å². The van der Waals surface area contributed by atoms with Gasteiger partial charge in [-0.3, -0.25) is 4.79 Å². The van der Waals surface area contributed by atoms with E-state index in [-0.39, 0.29) is 18.4 Å². The number of nitrogens with zero attached hydrogens (tertiary/aromatic N) is 2. The van der Waals surface area contributed by atoms with E-state index in [0.29, 0.717) is 54.3 Å². The van der Waals surface area contributed by atoms with Crippen LogP contribution in [0.5, 0.6) is 5.75 Å². The number of amides is 1. The van der Waals surface area contributed by atoms with Crippen LogP contribution in [0.3, 0.4) is 0 Å². The number of benzene rings is 1. The number of halogens is 1. The Morgan fingerprint density at radius 1 is 1.35 bits per heavy atom. The van der Waals surface area contributed by atoms with Crippen LogP contribution in [0.1, 0.15) is 30.5 Å². The van der Waals surface area contributed by atoms with Crippen molar-refractivity contribution in [2.45, 2.75) is 18.8 Å². The number of aromatic nitrogens is 2. The lowest BCUT2D eigenvalue weighted by molar-refractivity contribution is -0.123. The van der Waals surface area contributed by atoms with Gasteiger partial charge in [0.25, 0.3) is 5.91 Å². The summed E-state index contributed by atoms with van der Waals surface area (Å²) in [6.45, 7) is 5.61. The number of rotatable bonds is 8. The van der Waals surface area contributed by atoms with E-state index in [4.69, 9.17) is 25.5 Å². The van der Waals surface area contributed by atoms with Crippen LogP contribution in [0, 0.1) is 0 Å². The number of carbonyl (C=O) groups excluding carboxylic acids is 1. The highest BCUT2D eigenvalue weighted by atomic mass is 35.5. The third-order valence-corrected chi connectivity index (χ3v) is 4.21. The zero-order valence-electron chi connectivity index (χ0n) is 14.2. The Hall–Kier alpha value is -2.38. The summed E-state index contributed by atoms with van der Waals surface area (Å²) in [5.41, 5.74) is 0.682. The maximum Gasteiger partial charge on any atom is 0.257 e. The lowest BCUT2D eigenvalue weighted by Gasteiger charge is -2.07. The molecule has 138 valence electrons. The Kier molecular flexibility index (Phi) is 6.25. The van der Waals surface area contributed by atoms with Crippen molar-refractivity contribution in [2.75, 3.05) is 26.4 Å². The van der Waals surface area contributed by atoms with Gasteiger partial charge in [0.1, 0.15) is 5.75 Å². The van der Waals surface area contributed by atoms with Gasteiger partial charge in [0, 0.05) is 23.7 Å². The first-order valence-electron chi connectivity index (χ1n) is 8.36. The lowest BCUT2D eigenvalue weighted by Crippen LogP contribution is -2.29. The molecule has 1 saturated heterocycles. The van der Waals surface area contributed by atoms with Crippen LogP contribution < -0.4 is 10.1 Å². The van der Waals surface area contributed by atoms with Crippen molar-refractivity contribution in [2.24, 2.45) is 0 Å². The number of hydrogen-bond acceptors (Lipinski definition) is 6. The highest BCUT2D eigenvalue weighted by Gasteiger charge is 2.24. The van der Waals surface area contributed by atoms with Crippen molar-refractivity contribution in [1.82, 2.24) is 15.5 Å². The first-order chi connectivity index (χ1) is 12.6. The fourth-order valence-corrected chi connectivity index (χ4v) is 2.59. The van der Waals surface area contributed by atoms with Crippen LogP contribution in [0.25, 0.3) is 5.57 Å². The Morgan fingerprint density at radius 3 is 2.88 bits per heavy atom. The molecule has 0 bridgehead atoms. The number of ether oxygens (including phenoxy) is 2. The molecule has 0 spiro atoms. The molecule has 1 fully saturated rings. The van der Waals surface area contributed by atoms with Gasteiger partial charge in [0.15, 0.2) is 6.61 Å². The summed E-state index contributed by atoms with van der Waals surface area (Å²) in [4.78, 5) is 11.8. The topological polar surface area (TPSA) is 86.5 Å². The third kappa shape index (κ3) is 5.06. The van der Waals surface area contributed by atoms with Gasteiger partial charge >= 0.3 is 0 Å². The molecule has 2 heterocycles. The average molecular weight is 378 g/mol. The maximum absolute atomic E-state index is 11.8. The molecule has 3 rings (SSSR count). The van der Waals surface area contributed by atoms with E-state index in [9.17, 15) is 4.79 Å². The zero-order valence-corrected chi connectivity index (χ0v) is 15.0. The summed E-state index contributed by atoms with van der Waals surface area (Å²) in [6.07, 6.45) is 1.40. The predicted molar refractivity (Wildman–Crippen MR) is 96.1 cm³/mol. The first kappa shape index (κ1) is 18.4. The van der Waals surface area contributed by atoms with E-state index in [2.05, 4.69) is 22.1 Å². The Balaban J connectivity index is 1.37.